The number of halogens is 1. The number of ether oxygens (including phenoxy) is 2. The summed E-state index contributed by atoms with van der Waals surface area (Å²) < 4.78 is 24.4. The molecule has 0 fully saturated rings. The molecule has 29 heavy (non-hydrogen) atoms. The first-order valence-corrected chi connectivity index (χ1v) is 9.09. The number of nitrogens with one attached hydrogen (secondary N) is 1. The minimum absolute atomic E-state index is 0.0226. The Morgan fingerprint density at radius 3 is 2.34 bits per heavy atom. The topological polar surface area (TPSA) is 59.9 Å². The van der Waals surface area contributed by atoms with Crippen molar-refractivity contribution >= 4 is 11.6 Å². The quantitative estimate of drug-likeness (QED) is 0.459. The molecule has 0 bridgehead atoms. The summed E-state index contributed by atoms with van der Waals surface area (Å²) in [5.74, 6) is -0.229. The first-order chi connectivity index (χ1) is 14.1. The normalized spacial score (nSPS) is 11.0. The zero-order valence-electron chi connectivity index (χ0n) is 16.0. The Kier molecular flexibility index (Phi) is 6.95. The Balaban J connectivity index is 1.48. The summed E-state index contributed by atoms with van der Waals surface area (Å²) in [6.07, 6.45) is 0. The molecule has 3 aromatic carbocycles. The van der Waals surface area contributed by atoms with Gasteiger partial charge in [-0.3, -0.25) is 4.79 Å². The van der Waals surface area contributed by atoms with E-state index in [1.54, 1.807) is 19.1 Å². The minimum Gasteiger partial charge on any atom is -0.489 e. The molecule has 148 valence electrons. The largest absolute Gasteiger partial charge is 0.489 e. The van der Waals surface area contributed by atoms with Crippen LogP contribution in [-0.4, -0.2) is 18.2 Å². The van der Waals surface area contributed by atoms with Crippen molar-refractivity contribution in [3.63, 3.8) is 0 Å². The Labute approximate surface area is 168 Å². The van der Waals surface area contributed by atoms with Crippen LogP contribution in [0.2, 0.25) is 0 Å². The van der Waals surface area contributed by atoms with Crippen LogP contribution < -0.4 is 14.9 Å². The van der Waals surface area contributed by atoms with Crippen LogP contribution in [0.3, 0.4) is 0 Å². The van der Waals surface area contributed by atoms with Gasteiger partial charge in [-0.05, 0) is 54.4 Å². The van der Waals surface area contributed by atoms with E-state index in [0.717, 1.165) is 16.9 Å². The van der Waals surface area contributed by atoms with Gasteiger partial charge in [0.2, 0.25) is 0 Å². The number of hydrazone groups is 1. The number of carbonyl (C=O) groups is 1. The zero-order chi connectivity index (χ0) is 20.5. The molecule has 5 nitrogen and oxygen atoms in total. The number of carbonyl (C=O) groups excluding carboxylic acids is 1. The monoisotopic (exact) mass is 392 g/mol. The van der Waals surface area contributed by atoms with Crippen LogP contribution in [0.15, 0.2) is 84.0 Å². The van der Waals surface area contributed by atoms with Crippen LogP contribution in [-0.2, 0) is 11.4 Å². The summed E-state index contributed by atoms with van der Waals surface area (Å²) >= 11 is 0. The van der Waals surface area contributed by atoms with Gasteiger partial charge in [0.05, 0.1) is 5.71 Å². The van der Waals surface area contributed by atoms with E-state index >= 15 is 0 Å². The second-order valence-corrected chi connectivity index (χ2v) is 6.25. The lowest BCUT2D eigenvalue weighted by molar-refractivity contribution is -0.123. The van der Waals surface area contributed by atoms with Crippen LogP contribution in [0.25, 0.3) is 0 Å². The van der Waals surface area contributed by atoms with Crippen molar-refractivity contribution in [3.8, 4) is 11.5 Å². The maximum absolute atomic E-state index is 13.5. The van der Waals surface area contributed by atoms with Crippen molar-refractivity contribution in [2.75, 3.05) is 6.61 Å². The van der Waals surface area contributed by atoms with E-state index in [2.05, 4.69) is 10.5 Å². The highest BCUT2D eigenvalue weighted by atomic mass is 19.1. The van der Waals surface area contributed by atoms with Gasteiger partial charge in [0, 0.05) is 0 Å². The van der Waals surface area contributed by atoms with E-state index in [9.17, 15) is 9.18 Å². The van der Waals surface area contributed by atoms with Crippen LogP contribution >= 0.6 is 0 Å². The Morgan fingerprint density at radius 1 is 0.931 bits per heavy atom. The number of amides is 1. The molecule has 0 unspecified atom stereocenters. The van der Waals surface area contributed by atoms with Gasteiger partial charge in [-0.25, -0.2) is 9.82 Å². The number of hydrogen-bond acceptors (Lipinski definition) is 4. The minimum atomic E-state index is -0.519. The molecule has 0 aliphatic rings. The molecule has 0 aliphatic heterocycles. The van der Waals surface area contributed by atoms with Crippen molar-refractivity contribution in [2.24, 2.45) is 5.10 Å². The molecule has 0 heterocycles. The van der Waals surface area contributed by atoms with Crippen LogP contribution in [0.5, 0.6) is 11.5 Å². The van der Waals surface area contributed by atoms with E-state index in [1.165, 1.54) is 12.1 Å². The predicted molar refractivity (Wildman–Crippen MR) is 109 cm³/mol. The van der Waals surface area contributed by atoms with Gasteiger partial charge in [0.1, 0.15) is 12.4 Å². The first-order valence-electron chi connectivity index (χ1n) is 9.09. The van der Waals surface area contributed by atoms with Gasteiger partial charge in [-0.2, -0.15) is 5.10 Å². The molecule has 3 aromatic rings. The van der Waals surface area contributed by atoms with Crippen LogP contribution in [0.4, 0.5) is 4.39 Å². The highest BCUT2D eigenvalue weighted by Gasteiger charge is 2.06. The van der Waals surface area contributed by atoms with E-state index in [0.29, 0.717) is 12.3 Å². The highest BCUT2D eigenvalue weighted by molar-refractivity contribution is 5.99. The second-order valence-electron chi connectivity index (χ2n) is 6.25. The number of para-hydroxylation sites is 1. The molecule has 0 aromatic heterocycles. The summed E-state index contributed by atoms with van der Waals surface area (Å²) in [5, 5.41) is 4.05. The van der Waals surface area contributed by atoms with Crippen LogP contribution in [0, 0.1) is 5.82 Å². The molecule has 6 heteroatoms. The molecule has 3 rings (SSSR count). The number of rotatable bonds is 8. The zero-order valence-corrected chi connectivity index (χ0v) is 16.0. The Bertz CT molecular complexity index is 973. The maximum atomic E-state index is 13.5. The number of hydrogen-bond donors (Lipinski definition) is 1. The van der Waals surface area contributed by atoms with E-state index < -0.39 is 11.7 Å². The fourth-order valence-electron chi connectivity index (χ4n) is 2.48. The van der Waals surface area contributed by atoms with Crippen molar-refractivity contribution in [1.29, 1.82) is 0 Å². The summed E-state index contributed by atoms with van der Waals surface area (Å²) in [4.78, 5) is 11.9. The van der Waals surface area contributed by atoms with Gasteiger partial charge >= 0.3 is 0 Å². The SMILES string of the molecule is CC(=NNC(=O)COc1ccccc1F)c1ccc(OCc2ccccc2)cc1. The fourth-order valence-corrected chi connectivity index (χ4v) is 2.48. The smallest absolute Gasteiger partial charge is 0.277 e. The molecule has 0 saturated heterocycles. The molecule has 0 saturated carbocycles. The van der Waals surface area contributed by atoms with E-state index in [4.69, 9.17) is 9.47 Å². The molecule has 0 radical (unpaired) electrons. The summed E-state index contributed by atoms with van der Waals surface area (Å²) in [7, 11) is 0. The van der Waals surface area contributed by atoms with Crippen molar-refractivity contribution < 1.29 is 18.7 Å². The predicted octanol–water partition coefficient (Wildman–Crippen LogP) is 4.32. The van der Waals surface area contributed by atoms with Gasteiger partial charge < -0.3 is 9.47 Å². The Morgan fingerprint density at radius 2 is 1.62 bits per heavy atom. The summed E-state index contributed by atoms with van der Waals surface area (Å²) in [6.45, 7) is 1.94. The van der Waals surface area contributed by atoms with Gasteiger partial charge in [0.15, 0.2) is 18.2 Å². The second kappa shape index (κ2) is 10.0. The molecule has 0 spiro atoms. The molecular weight excluding hydrogens is 371 g/mol. The average Bonchev–Trinajstić information content (AvgIpc) is 2.76. The van der Waals surface area contributed by atoms with Crippen molar-refractivity contribution in [3.05, 3.63) is 95.8 Å². The van der Waals surface area contributed by atoms with Gasteiger partial charge in [-0.15, -0.1) is 0 Å². The van der Waals surface area contributed by atoms with Gasteiger partial charge in [0.25, 0.3) is 5.91 Å². The molecule has 1 N–H and O–H groups in total. The lowest BCUT2D eigenvalue weighted by Crippen LogP contribution is -2.25. The van der Waals surface area contributed by atoms with Crippen LogP contribution in [0.1, 0.15) is 18.1 Å². The van der Waals surface area contributed by atoms with E-state index in [1.807, 2.05) is 54.6 Å². The summed E-state index contributed by atoms with van der Waals surface area (Å²) in [6, 6.07) is 23.2. The van der Waals surface area contributed by atoms with Crippen molar-refractivity contribution in [1.82, 2.24) is 5.43 Å². The van der Waals surface area contributed by atoms with E-state index in [-0.39, 0.29) is 12.4 Å². The number of nitrogens with zero attached hydrogens (tertiary/aromatic N) is 1. The van der Waals surface area contributed by atoms with Crippen molar-refractivity contribution in [2.45, 2.75) is 13.5 Å². The molecule has 0 atom stereocenters. The lowest BCUT2D eigenvalue weighted by atomic mass is 10.1. The molecule has 0 aliphatic carbocycles. The maximum Gasteiger partial charge on any atom is 0.277 e. The third kappa shape index (κ3) is 6.17. The standard InChI is InChI=1S/C23H21FN2O3/c1-17(25-26-23(27)16-29-22-10-6-5-9-21(22)24)19-11-13-20(14-12-19)28-15-18-7-3-2-4-8-18/h2-14H,15-16H2,1H3,(H,26,27). The first kappa shape index (κ1) is 20.1. The molecule has 1 amide bonds. The third-order valence-corrected chi connectivity index (χ3v) is 4.06. The summed E-state index contributed by atoms with van der Waals surface area (Å²) in [5.41, 5.74) is 4.96. The fraction of sp³-hybridized carbons (Fsp3) is 0.130. The number of benzene rings is 3. The third-order valence-electron chi connectivity index (χ3n) is 4.06. The lowest BCUT2D eigenvalue weighted by Gasteiger charge is -2.08. The average molecular weight is 392 g/mol. The highest BCUT2D eigenvalue weighted by Crippen LogP contribution is 2.16. The Hall–Kier alpha value is -3.67. The van der Waals surface area contributed by atoms with Gasteiger partial charge in [-0.1, -0.05) is 42.5 Å². The molecular formula is C23H21FN2O3.